The molecule has 12 heteroatoms. The van der Waals surface area contributed by atoms with Crippen molar-refractivity contribution in [2.45, 2.75) is 32.3 Å². The molecule has 0 radical (unpaired) electrons. The first-order chi connectivity index (χ1) is 15.5. The van der Waals surface area contributed by atoms with Crippen molar-refractivity contribution < 1.29 is 31.9 Å². The molecule has 2 fully saturated rings. The third-order valence-corrected chi connectivity index (χ3v) is 5.95. The van der Waals surface area contributed by atoms with Gasteiger partial charge in [0.2, 0.25) is 11.8 Å². The van der Waals surface area contributed by atoms with Crippen LogP contribution in [0.5, 0.6) is 17.5 Å². The Labute approximate surface area is 187 Å². The highest BCUT2D eigenvalue weighted by molar-refractivity contribution is 7.75. The van der Waals surface area contributed by atoms with Crippen LogP contribution in [0.3, 0.4) is 0 Å². The Morgan fingerprint density at radius 3 is 2.56 bits per heavy atom. The number of amides is 1. The summed E-state index contributed by atoms with van der Waals surface area (Å²) < 4.78 is 32.9. The van der Waals surface area contributed by atoms with E-state index < -0.39 is 17.5 Å². The van der Waals surface area contributed by atoms with Gasteiger partial charge in [-0.25, -0.2) is 14.8 Å². The Morgan fingerprint density at radius 1 is 1.19 bits per heavy atom. The second-order valence-corrected chi connectivity index (χ2v) is 8.51. The van der Waals surface area contributed by atoms with Gasteiger partial charge in [-0.05, 0) is 25.5 Å². The van der Waals surface area contributed by atoms with Crippen LogP contribution < -0.4 is 9.47 Å². The number of aromatic nitrogens is 3. The lowest BCUT2D eigenvalue weighted by molar-refractivity contribution is 0.0864. The van der Waals surface area contributed by atoms with Gasteiger partial charge < -0.3 is 19.5 Å². The average Bonchev–Trinajstić information content (AvgIpc) is 2.80. The van der Waals surface area contributed by atoms with Gasteiger partial charge in [0.05, 0.1) is 25.0 Å². The standard InChI is InChI=1S/C20H24N4O7S/c1-13-18(30-16-4-6-24(7-5-16)20(25)26)22-12-23-19(13)31-17-3-2-15(21-9-17)8-14-10-28-32(27)29-11-14/h2-3,9,12,14,16H,4-8,10-11H2,1H3,(H,25,26). The minimum Gasteiger partial charge on any atom is -0.474 e. The van der Waals surface area contributed by atoms with Gasteiger partial charge in [-0.1, -0.05) is 0 Å². The number of piperidine rings is 1. The van der Waals surface area contributed by atoms with Crippen molar-refractivity contribution in [2.75, 3.05) is 26.3 Å². The zero-order valence-corrected chi connectivity index (χ0v) is 18.3. The number of ether oxygens (including phenoxy) is 2. The molecule has 32 heavy (non-hydrogen) atoms. The molecule has 2 aliphatic rings. The predicted molar refractivity (Wildman–Crippen MR) is 112 cm³/mol. The molecule has 172 valence electrons. The van der Waals surface area contributed by atoms with E-state index in [1.54, 1.807) is 12.3 Å². The second-order valence-electron chi connectivity index (χ2n) is 7.63. The number of nitrogens with zero attached hydrogens (tertiary/aromatic N) is 4. The Bertz CT molecular complexity index is 957. The fraction of sp³-hybridized carbons (Fsp3) is 0.500. The summed E-state index contributed by atoms with van der Waals surface area (Å²) in [5.41, 5.74) is 1.50. The number of rotatable bonds is 6. The number of likely N-dealkylation sites (tertiary alicyclic amines) is 1. The van der Waals surface area contributed by atoms with Crippen LogP contribution in [0.15, 0.2) is 24.7 Å². The molecule has 2 aromatic rings. The van der Waals surface area contributed by atoms with Crippen LogP contribution in [0, 0.1) is 12.8 Å². The van der Waals surface area contributed by atoms with E-state index in [9.17, 15) is 9.00 Å². The molecule has 0 aromatic carbocycles. The summed E-state index contributed by atoms with van der Waals surface area (Å²) in [7, 11) is 0. The number of pyridine rings is 1. The number of carbonyl (C=O) groups is 1. The summed E-state index contributed by atoms with van der Waals surface area (Å²) in [6.45, 7) is 3.41. The molecule has 0 unspecified atom stereocenters. The highest BCUT2D eigenvalue weighted by atomic mass is 32.2. The van der Waals surface area contributed by atoms with Gasteiger partial charge in [0.15, 0.2) is 0 Å². The molecule has 1 N–H and O–H groups in total. The Kier molecular flexibility index (Phi) is 7.12. The first kappa shape index (κ1) is 22.4. The van der Waals surface area contributed by atoms with Crippen LogP contribution in [-0.4, -0.2) is 67.7 Å². The minimum atomic E-state index is -1.64. The molecular weight excluding hydrogens is 440 g/mol. The van der Waals surface area contributed by atoms with Crippen molar-refractivity contribution in [3.05, 3.63) is 35.9 Å². The zero-order chi connectivity index (χ0) is 22.5. The molecular formula is C20H24N4O7S. The van der Waals surface area contributed by atoms with E-state index >= 15 is 0 Å². The van der Waals surface area contributed by atoms with Crippen LogP contribution >= 0.6 is 0 Å². The monoisotopic (exact) mass is 464 g/mol. The quantitative estimate of drug-likeness (QED) is 0.678. The Hall–Kier alpha value is -2.83. The minimum absolute atomic E-state index is 0.0955. The van der Waals surface area contributed by atoms with E-state index in [0.29, 0.717) is 68.6 Å². The van der Waals surface area contributed by atoms with E-state index in [4.69, 9.17) is 22.9 Å². The number of hydrogen-bond acceptors (Lipinski definition) is 9. The van der Waals surface area contributed by atoms with E-state index in [1.807, 2.05) is 13.0 Å². The summed E-state index contributed by atoms with van der Waals surface area (Å²) in [5, 5.41) is 9.06. The maximum atomic E-state index is 11.1. The van der Waals surface area contributed by atoms with Crippen molar-refractivity contribution in [1.82, 2.24) is 19.9 Å². The molecule has 0 atom stereocenters. The Morgan fingerprint density at radius 2 is 1.91 bits per heavy atom. The van der Waals surface area contributed by atoms with Gasteiger partial charge in [0.1, 0.15) is 18.2 Å². The summed E-state index contributed by atoms with van der Waals surface area (Å²) >= 11 is -1.64. The first-order valence-electron chi connectivity index (χ1n) is 10.2. The maximum Gasteiger partial charge on any atom is 0.407 e. The van der Waals surface area contributed by atoms with Crippen molar-refractivity contribution >= 4 is 17.5 Å². The van der Waals surface area contributed by atoms with Crippen molar-refractivity contribution in [1.29, 1.82) is 0 Å². The van der Waals surface area contributed by atoms with Gasteiger partial charge in [0, 0.05) is 37.5 Å². The fourth-order valence-corrected chi connectivity index (χ4v) is 4.14. The summed E-state index contributed by atoms with van der Waals surface area (Å²) in [6.07, 6.45) is 3.81. The van der Waals surface area contributed by atoms with Gasteiger partial charge in [-0.15, -0.1) is 0 Å². The van der Waals surface area contributed by atoms with Crippen LogP contribution in [0.4, 0.5) is 4.79 Å². The molecule has 0 aliphatic carbocycles. The summed E-state index contributed by atoms with van der Waals surface area (Å²) in [6, 6.07) is 3.65. The van der Waals surface area contributed by atoms with Gasteiger partial charge in [-0.2, -0.15) is 4.21 Å². The molecule has 4 heterocycles. The molecule has 0 saturated carbocycles. The molecule has 1 amide bonds. The average molecular weight is 465 g/mol. The lowest BCUT2D eigenvalue weighted by Crippen LogP contribution is -2.41. The summed E-state index contributed by atoms with van der Waals surface area (Å²) in [5.74, 6) is 1.40. The molecule has 4 rings (SSSR count). The van der Waals surface area contributed by atoms with Gasteiger partial charge >= 0.3 is 17.5 Å². The van der Waals surface area contributed by atoms with Crippen molar-refractivity contribution in [3.63, 3.8) is 0 Å². The lowest BCUT2D eigenvalue weighted by atomic mass is 10.1. The SMILES string of the molecule is Cc1c(Oc2ccc(CC3COS(=O)OC3)nc2)ncnc1OC1CCN(C(=O)O)CC1. The third-order valence-electron chi connectivity index (χ3n) is 5.29. The van der Waals surface area contributed by atoms with Gasteiger partial charge in [-0.3, -0.25) is 13.4 Å². The van der Waals surface area contributed by atoms with Gasteiger partial charge in [0.25, 0.3) is 0 Å². The summed E-state index contributed by atoms with van der Waals surface area (Å²) in [4.78, 5) is 25.2. The maximum absolute atomic E-state index is 11.1. The highest BCUT2D eigenvalue weighted by Gasteiger charge is 2.25. The van der Waals surface area contributed by atoms with E-state index in [1.165, 1.54) is 11.2 Å². The first-order valence-corrected chi connectivity index (χ1v) is 11.2. The topological polar surface area (TPSA) is 133 Å². The van der Waals surface area contributed by atoms with E-state index in [0.717, 1.165) is 5.69 Å². The van der Waals surface area contributed by atoms with Crippen molar-refractivity contribution in [2.24, 2.45) is 5.92 Å². The zero-order valence-electron chi connectivity index (χ0n) is 17.5. The molecule has 2 aromatic heterocycles. The normalized spacial score (nSPS) is 21.8. The van der Waals surface area contributed by atoms with E-state index in [2.05, 4.69) is 15.0 Å². The largest absolute Gasteiger partial charge is 0.474 e. The van der Waals surface area contributed by atoms with Crippen LogP contribution in [0.25, 0.3) is 0 Å². The number of carboxylic acid groups (broad SMARTS) is 1. The molecule has 0 bridgehead atoms. The molecule has 11 nitrogen and oxygen atoms in total. The number of hydrogen-bond donors (Lipinski definition) is 1. The van der Waals surface area contributed by atoms with Crippen LogP contribution in [0.1, 0.15) is 24.1 Å². The van der Waals surface area contributed by atoms with Crippen LogP contribution in [-0.2, 0) is 26.1 Å². The van der Waals surface area contributed by atoms with Crippen molar-refractivity contribution in [3.8, 4) is 17.5 Å². The highest BCUT2D eigenvalue weighted by Crippen LogP contribution is 2.29. The smallest absolute Gasteiger partial charge is 0.407 e. The molecule has 0 spiro atoms. The van der Waals surface area contributed by atoms with Crippen LogP contribution in [0.2, 0.25) is 0 Å². The van der Waals surface area contributed by atoms with E-state index in [-0.39, 0.29) is 12.0 Å². The third kappa shape index (κ3) is 5.69. The molecule has 2 saturated heterocycles. The second kappa shape index (κ2) is 10.2. The fourth-order valence-electron chi connectivity index (χ4n) is 3.47. The Balaban J connectivity index is 1.34. The lowest BCUT2D eigenvalue weighted by Gasteiger charge is -2.30. The molecule has 2 aliphatic heterocycles. The predicted octanol–water partition coefficient (Wildman–Crippen LogP) is 2.28.